The maximum atomic E-state index is 11.3. The summed E-state index contributed by atoms with van der Waals surface area (Å²) in [6.07, 6.45) is 15.3. The number of carbonyl (C=O) groups is 2. The number of aliphatic hydroxyl groups is 1. The van der Waals surface area contributed by atoms with Crippen molar-refractivity contribution in [3.8, 4) is 0 Å². The Morgan fingerprint density at radius 1 is 0.731 bits per heavy atom. The van der Waals surface area contributed by atoms with Gasteiger partial charge in [-0.1, -0.05) is 90.9 Å². The second kappa shape index (κ2) is 19.9. The first kappa shape index (κ1) is 28.3. The summed E-state index contributed by atoms with van der Waals surface area (Å²) in [6.45, 7) is 5.89. The topological polar surface area (TPSA) is 63.6 Å². The van der Waals surface area contributed by atoms with Crippen molar-refractivity contribution in [2.45, 2.75) is 117 Å². The van der Waals surface area contributed by atoms with E-state index in [-0.39, 0.29) is 36.0 Å². The molecule has 0 radical (unpaired) electrons. The number of rotatable bonds is 16. The predicted molar refractivity (Wildman–Crippen MR) is 109 cm³/mol. The molecular formula is C21H41NaO4. The average Bonchev–Trinajstić information content (AvgIpc) is 2.54. The first-order valence-electron chi connectivity index (χ1n) is 10.4. The van der Waals surface area contributed by atoms with Gasteiger partial charge in [-0.2, -0.15) is 0 Å². The molecule has 1 atom stereocenters. The van der Waals surface area contributed by atoms with Crippen LogP contribution >= 0.6 is 0 Å². The summed E-state index contributed by atoms with van der Waals surface area (Å²) in [4.78, 5) is 22.4. The summed E-state index contributed by atoms with van der Waals surface area (Å²) in [5, 5.41) is 8.95. The monoisotopic (exact) mass is 380 g/mol. The van der Waals surface area contributed by atoms with E-state index in [2.05, 4.69) is 18.6 Å². The van der Waals surface area contributed by atoms with Gasteiger partial charge in [0, 0.05) is 6.42 Å². The molecule has 0 saturated heterocycles. The van der Waals surface area contributed by atoms with Crippen molar-refractivity contribution in [2.24, 2.45) is 5.92 Å². The summed E-state index contributed by atoms with van der Waals surface area (Å²) in [5.74, 6) is -0.540. The Hall–Kier alpha value is 0.1000. The Morgan fingerprint density at radius 2 is 1.12 bits per heavy atom. The van der Waals surface area contributed by atoms with Crippen LogP contribution in [0.5, 0.6) is 0 Å². The molecule has 0 heterocycles. The Bertz CT molecular complexity index is 343. The van der Waals surface area contributed by atoms with Gasteiger partial charge < -0.3 is 9.84 Å². The second-order valence-electron chi connectivity index (χ2n) is 7.64. The molecule has 0 fully saturated rings. The van der Waals surface area contributed by atoms with E-state index in [1.165, 1.54) is 71.1 Å². The fourth-order valence-electron chi connectivity index (χ4n) is 2.84. The van der Waals surface area contributed by atoms with Gasteiger partial charge in [0.05, 0.1) is 0 Å². The number of hydrogen-bond acceptors (Lipinski definition) is 4. The van der Waals surface area contributed by atoms with Gasteiger partial charge in [-0.3, -0.25) is 4.79 Å². The normalized spacial score (nSPS) is 11.9. The van der Waals surface area contributed by atoms with Gasteiger partial charge in [0.25, 0.3) is 0 Å². The van der Waals surface area contributed by atoms with Crippen LogP contribution in [0.25, 0.3) is 0 Å². The van der Waals surface area contributed by atoms with E-state index in [4.69, 9.17) is 5.11 Å². The van der Waals surface area contributed by atoms with E-state index in [9.17, 15) is 9.59 Å². The quantitative estimate of drug-likeness (QED) is 0.179. The van der Waals surface area contributed by atoms with Crippen LogP contribution in [0.4, 0.5) is 0 Å². The number of esters is 2. The summed E-state index contributed by atoms with van der Waals surface area (Å²) >= 11 is 0. The van der Waals surface area contributed by atoms with Gasteiger partial charge in [0.15, 0.2) is 0 Å². The van der Waals surface area contributed by atoms with Crippen molar-refractivity contribution in [3.05, 3.63) is 0 Å². The molecule has 1 unspecified atom stereocenters. The summed E-state index contributed by atoms with van der Waals surface area (Å²) in [7, 11) is 0. The van der Waals surface area contributed by atoms with E-state index in [1.54, 1.807) is 0 Å². The Kier molecular flexibility index (Phi) is 21.6. The zero-order valence-corrected chi connectivity index (χ0v) is 16.7. The molecule has 1 N–H and O–H groups in total. The molecule has 0 amide bonds. The van der Waals surface area contributed by atoms with E-state index in [0.717, 1.165) is 25.2 Å². The third kappa shape index (κ3) is 20.4. The van der Waals surface area contributed by atoms with Crippen LogP contribution in [0.3, 0.4) is 0 Å². The van der Waals surface area contributed by atoms with Crippen molar-refractivity contribution < 1.29 is 19.4 Å². The standard InChI is InChI=1S/C21H40O4.Na.H/c1-18(2)16-14-12-10-8-6-4-5-7-9-11-13-15-17-20(23)25-21(24)19(3)22;;/h18-19,22H,4-17H2,1-3H3;;. The fourth-order valence-corrected chi connectivity index (χ4v) is 2.84. The predicted octanol–water partition coefficient (Wildman–Crippen LogP) is 4.91. The van der Waals surface area contributed by atoms with E-state index >= 15 is 0 Å². The van der Waals surface area contributed by atoms with Gasteiger partial charge in [-0.05, 0) is 19.3 Å². The molecule has 0 aromatic carbocycles. The van der Waals surface area contributed by atoms with Gasteiger partial charge in [0.1, 0.15) is 6.10 Å². The Balaban J connectivity index is 0. The number of ether oxygens (including phenoxy) is 1. The molecule has 0 aliphatic heterocycles. The minimum atomic E-state index is -1.23. The third-order valence-electron chi connectivity index (χ3n) is 4.47. The van der Waals surface area contributed by atoms with Crippen molar-refractivity contribution in [1.29, 1.82) is 0 Å². The van der Waals surface area contributed by atoms with Gasteiger partial charge in [0.2, 0.25) is 0 Å². The second-order valence-corrected chi connectivity index (χ2v) is 7.64. The third-order valence-corrected chi connectivity index (χ3v) is 4.47. The molecular weight excluding hydrogens is 339 g/mol. The van der Waals surface area contributed by atoms with E-state index < -0.39 is 18.0 Å². The van der Waals surface area contributed by atoms with Crippen LogP contribution in [0.15, 0.2) is 0 Å². The van der Waals surface area contributed by atoms with Gasteiger partial charge >= 0.3 is 41.5 Å². The molecule has 0 saturated carbocycles. The van der Waals surface area contributed by atoms with Gasteiger partial charge in [-0.15, -0.1) is 0 Å². The number of carbonyl (C=O) groups excluding carboxylic acids is 2. The molecule has 0 aliphatic rings. The summed E-state index contributed by atoms with van der Waals surface area (Å²) in [6, 6.07) is 0. The average molecular weight is 381 g/mol. The van der Waals surface area contributed by atoms with Crippen LogP contribution in [-0.2, 0) is 14.3 Å². The molecule has 0 aromatic heterocycles. The number of unbranched alkanes of at least 4 members (excludes halogenated alkanes) is 11. The molecule has 0 aliphatic carbocycles. The maximum absolute atomic E-state index is 11.3. The SMILES string of the molecule is CC(C)CCCCCCCCCCCCCCC(=O)OC(=O)C(C)O.[NaH]. The molecule has 0 spiro atoms. The number of hydrogen-bond donors (Lipinski definition) is 1. The molecule has 0 rings (SSSR count). The van der Waals surface area contributed by atoms with Crippen LogP contribution in [0.1, 0.15) is 111 Å². The van der Waals surface area contributed by atoms with Crippen molar-refractivity contribution in [1.82, 2.24) is 0 Å². The summed E-state index contributed by atoms with van der Waals surface area (Å²) < 4.78 is 4.50. The molecule has 5 heteroatoms. The Morgan fingerprint density at radius 3 is 1.50 bits per heavy atom. The van der Waals surface area contributed by atoms with E-state index in [0.29, 0.717) is 0 Å². The van der Waals surface area contributed by atoms with Crippen LogP contribution in [0, 0.1) is 5.92 Å². The van der Waals surface area contributed by atoms with Crippen molar-refractivity contribution >= 4 is 41.5 Å². The summed E-state index contributed by atoms with van der Waals surface area (Å²) in [5.41, 5.74) is 0. The zero-order chi connectivity index (χ0) is 18.9. The molecule has 26 heavy (non-hydrogen) atoms. The molecule has 0 bridgehead atoms. The molecule has 0 aromatic rings. The van der Waals surface area contributed by atoms with Crippen LogP contribution in [0.2, 0.25) is 0 Å². The number of aliphatic hydroxyl groups excluding tert-OH is 1. The van der Waals surface area contributed by atoms with Crippen molar-refractivity contribution in [3.63, 3.8) is 0 Å². The van der Waals surface area contributed by atoms with Gasteiger partial charge in [-0.25, -0.2) is 4.79 Å². The minimum absolute atomic E-state index is 0. The molecule has 150 valence electrons. The fraction of sp³-hybridized carbons (Fsp3) is 0.905. The van der Waals surface area contributed by atoms with Crippen LogP contribution < -0.4 is 0 Å². The first-order valence-corrected chi connectivity index (χ1v) is 10.4. The Labute approximate surface area is 183 Å². The van der Waals surface area contributed by atoms with E-state index in [1.807, 2.05) is 0 Å². The first-order chi connectivity index (χ1) is 11.9. The van der Waals surface area contributed by atoms with Crippen molar-refractivity contribution in [2.75, 3.05) is 0 Å². The zero-order valence-electron chi connectivity index (χ0n) is 16.7. The molecule has 4 nitrogen and oxygen atoms in total. The van der Waals surface area contributed by atoms with Crippen LogP contribution in [-0.4, -0.2) is 52.7 Å².